The normalized spacial score (nSPS) is 12.6. The lowest BCUT2D eigenvalue weighted by Crippen LogP contribution is -2.28. The molecule has 0 saturated heterocycles. The minimum absolute atomic E-state index is 0.0165. The maximum atomic E-state index is 12.4. The summed E-state index contributed by atoms with van der Waals surface area (Å²) in [6.07, 6.45) is -4.66. The Labute approximate surface area is 107 Å². The molecule has 1 heterocycles. The van der Waals surface area contributed by atoms with Crippen LogP contribution in [-0.2, 0) is 22.7 Å². The van der Waals surface area contributed by atoms with Crippen LogP contribution >= 0.6 is 0 Å². The van der Waals surface area contributed by atoms with Crippen LogP contribution in [0.3, 0.4) is 0 Å². The van der Waals surface area contributed by atoms with E-state index in [4.69, 9.17) is 0 Å². The molecule has 0 saturated carbocycles. The maximum Gasteiger partial charge on any atom is 0.435 e. The maximum absolute atomic E-state index is 12.4. The lowest BCUT2D eigenvalue weighted by molar-refractivity contribution is -0.142. The molecule has 1 aromatic rings. The molecular formula is C9H12F3N3O3S. The van der Waals surface area contributed by atoms with E-state index in [1.54, 1.807) is 0 Å². The summed E-state index contributed by atoms with van der Waals surface area (Å²) in [5, 5.41) is 3.15. The molecule has 0 fully saturated rings. The van der Waals surface area contributed by atoms with Gasteiger partial charge in [-0.15, -0.1) is 0 Å². The molecule has 0 aliphatic heterocycles. The predicted octanol–water partition coefficient (Wildman–Crippen LogP) is 0.201. The zero-order valence-corrected chi connectivity index (χ0v) is 10.8. The van der Waals surface area contributed by atoms with Crippen molar-refractivity contribution in [2.75, 3.05) is 12.8 Å². The number of hydrogen-bond donors (Lipinski definition) is 1. The number of hydrogen-bond acceptors (Lipinski definition) is 4. The van der Waals surface area contributed by atoms with Crippen molar-refractivity contribution in [2.45, 2.75) is 19.1 Å². The van der Waals surface area contributed by atoms with Crippen LogP contribution in [0.2, 0.25) is 0 Å². The molecule has 0 bridgehead atoms. The summed E-state index contributed by atoms with van der Waals surface area (Å²) in [4.78, 5) is 11.3. The second-order valence-corrected chi connectivity index (χ2v) is 5.70. The lowest BCUT2D eigenvalue weighted by Gasteiger charge is -2.09. The van der Waals surface area contributed by atoms with Crippen molar-refractivity contribution in [1.82, 2.24) is 14.5 Å². The summed E-state index contributed by atoms with van der Waals surface area (Å²) in [5.74, 6) is -0.298. The van der Waals surface area contributed by atoms with Gasteiger partial charge >= 0.3 is 6.18 Å². The molecule has 0 amide bonds. The topological polar surface area (TPSA) is 81.1 Å². The van der Waals surface area contributed by atoms with Crippen molar-refractivity contribution in [2.24, 2.45) is 0 Å². The van der Waals surface area contributed by atoms with Crippen LogP contribution in [-0.4, -0.2) is 31.0 Å². The van der Waals surface area contributed by atoms with Crippen molar-refractivity contribution < 1.29 is 21.6 Å². The van der Waals surface area contributed by atoms with Gasteiger partial charge in [0.25, 0.3) is 5.56 Å². The Hall–Kier alpha value is -1.42. The van der Waals surface area contributed by atoms with Crippen LogP contribution in [0.4, 0.5) is 13.2 Å². The van der Waals surface area contributed by atoms with E-state index in [1.165, 1.54) is 7.05 Å². The first-order chi connectivity index (χ1) is 8.65. The van der Waals surface area contributed by atoms with E-state index in [0.717, 1.165) is 6.07 Å². The summed E-state index contributed by atoms with van der Waals surface area (Å²) >= 11 is 0. The van der Waals surface area contributed by atoms with Crippen molar-refractivity contribution in [3.8, 4) is 0 Å². The van der Waals surface area contributed by atoms with Crippen LogP contribution in [0, 0.1) is 0 Å². The van der Waals surface area contributed by atoms with Crippen LogP contribution in [0.15, 0.2) is 16.9 Å². The smallest absolute Gasteiger partial charge is 0.268 e. The van der Waals surface area contributed by atoms with Crippen LogP contribution in [0.5, 0.6) is 0 Å². The SMILES string of the molecule is CNS(=O)(=O)CCCn1nc(C(F)(F)F)ccc1=O. The summed E-state index contributed by atoms with van der Waals surface area (Å²) in [6, 6.07) is 1.34. The van der Waals surface area contributed by atoms with Crippen molar-refractivity contribution in [3.63, 3.8) is 0 Å². The largest absolute Gasteiger partial charge is 0.435 e. The number of halogens is 3. The lowest BCUT2D eigenvalue weighted by atomic mass is 10.4. The highest BCUT2D eigenvalue weighted by Gasteiger charge is 2.33. The Bertz CT molecular complexity index is 595. The zero-order chi connectivity index (χ0) is 14.7. The van der Waals surface area contributed by atoms with Crippen LogP contribution in [0.25, 0.3) is 0 Å². The van der Waals surface area contributed by atoms with Gasteiger partial charge in [-0.2, -0.15) is 18.3 Å². The highest BCUT2D eigenvalue weighted by Crippen LogP contribution is 2.26. The first-order valence-electron chi connectivity index (χ1n) is 5.22. The fourth-order valence-corrected chi connectivity index (χ4v) is 1.98. The van der Waals surface area contributed by atoms with Gasteiger partial charge in [0.1, 0.15) is 0 Å². The third-order valence-electron chi connectivity index (χ3n) is 2.25. The number of nitrogens with one attached hydrogen (secondary N) is 1. The van der Waals surface area contributed by atoms with Gasteiger partial charge in [0, 0.05) is 12.6 Å². The summed E-state index contributed by atoms with van der Waals surface area (Å²) in [6.45, 7) is -0.205. The molecule has 10 heteroatoms. The number of nitrogens with zero attached hydrogens (tertiary/aromatic N) is 2. The predicted molar refractivity (Wildman–Crippen MR) is 61.0 cm³/mol. The van der Waals surface area contributed by atoms with Gasteiger partial charge in [-0.05, 0) is 19.5 Å². The summed E-state index contributed by atoms with van der Waals surface area (Å²) < 4.78 is 62.0. The van der Waals surface area contributed by atoms with E-state index in [1.807, 2.05) is 0 Å². The van der Waals surface area contributed by atoms with E-state index in [9.17, 15) is 26.4 Å². The molecule has 0 aliphatic rings. The molecule has 0 unspecified atom stereocenters. The molecule has 0 aromatic carbocycles. The van der Waals surface area contributed by atoms with Crippen molar-refractivity contribution in [3.05, 3.63) is 28.2 Å². The van der Waals surface area contributed by atoms with E-state index in [2.05, 4.69) is 9.82 Å². The Kier molecular flexibility index (Phi) is 4.69. The molecule has 1 rings (SSSR count). The fraction of sp³-hybridized carbons (Fsp3) is 0.556. The molecule has 0 aliphatic carbocycles. The molecule has 0 spiro atoms. The molecule has 1 N–H and O–H groups in total. The van der Waals surface area contributed by atoms with Gasteiger partial charge in [-0.25, -0.2) is 17.8 Å². The zero-order valence-electron chi connectivity index (χ0n) is 9.94. The van der Waals surface area contributed by atoms with E-state index >= 15 is 0 Å². The van der Waals surface area contributed by atoms with E-state index in [-0.39, 0.29) is 18.7 Å². The molecule has 0 radical (unpaired) electrons. The monoisotopic (exact) mass is 299 g/mol. The van der Waals surface area contributed by atoms with Gasteiger partial charge < -0.3 is 0 Å². The van der Waals surface area contributed by atoms with Gasteiger partial charge in [-0.3, -0.25) is 4.79 Å². The average Bonchev–Trinajstić information content (AvgIpc) is 2.30. The molecule has 108 valence electrons. The highest BCUT2D eigenvalue weighted by molar-refractivity contribution is 7.89. The second kappa shape index (κ2) is 5.70. The van der Waals surface area contributed by atoms with Gasteiger partial charge in [0.15, 0.2) is 5.69 Å². The van der Waals surface area contributed by atoms with Gasteiger partial charge in [-0.1, -0.05) is 0 Å². The number of alkyl halides is 3. The Morgan fingerprint density at radius 1 is 1.37 bits per heavy atom. The van der Waals surface area contributed by atoms with Crippen molar-refractivity contribution in [1.29, 1.82) is 0 Å². The molecule has 19 heavy (non-hydrogen) atoms. The summed E-state index contributed by atoms with van der Waals surface area (Å²) in [5.41, 5.74) is -1.90. The number of aryl methyl sites for hydroxylation is 1. The minimum Gasteiger partial charge on any atom is -0.268 e. The first kappa shape index (κ1) is 15.6. The Morgan fingerprint density at radius 2 is 2.00 bits per heavy atom. The highest BCUT2D eigenvalue weighted by atomic mass is 32.2. The standard InChI is InChI=1S/C9H12F3N3O3S/c1-13-19(17,18)6-2-5-15-8(16)4-3-7(14-15)9(10,11)12/h3-4,13H,2,5-6H2,1H3. The minimum atomic E-state index is -4.65. The third-order valence-corrected chi connectivity index (χ3v) is 3.70. The Morgan fingerprint density at radius 3 is 2.53 bits per heavy atom. The van der Waals surface area contributed by atoms with E-state index < -0.39 is 27.5 Å². The molecule has 6 nitrogen and oxygen atoms in total. The first-order valence-corrected chi connectivity index (χ1v) is 6.87. The van der Waals surface area contributed by atoms with Crippen LogP contribution in [0.1, 0.15) is 12.1 Å². The number of aromatic nitrogens is 2. The van der Waals surface area contributed by atoms with Gasteiger partial charge in [0.05, 0.1) is 5.75 Å². The molecular weight excluding hydrogens is 287 g/mol. The summed E-state index contributed by atoms with van der Waals surface area (Å²) in [7, 11) is -2.23. The van der Waals surface area contributed by atoms with Gasteiger partial charge in [0.2, 0.25) is 10.0 Å². The third kappa shape index (κ3) is 4.63. The molecule has 1 aromatic heterocycles. The fourth-order valence-electron chi connectivity index (χ4n) is 1.27. The average molecular weight is 299 g/mol. The van der Waals surface area contributed by atoms with Crippen molar-refractivity contribution >= 4 is 10.0 Å². The number of rotatable bonds is 5. The van der Waals surface area contributed by atoms with E-state index in [0.29, 0.717) is 10.7 Å². The molecule has 0 atom stereocenters. The second-order valence-electron chi connectivity index (χ2n) is 3.65. The quantitative estimate of drug-likeness (QED) is 0.842. The number of sulfonamides is 1. The van der Waals surface area contributed by atoms with Crippen LogP contribution < -0.4 is 10.3 Å². The Balaban J connectivity index is 2.82.